The second-order valence-corrected chi connectivity index (χ2v) is 8.49. The largest absolute Gasteiger partial charge is 0.345 e. The van der Waals surface area contributed by atoms with E-state index in [4.69, 9.17) is 0 Å². The van der Waals surface area contributed by atoms with Crippen LogP contribution in [0.25, 0.3) is 10.8 Å². The molecule has 0 aliphatic rings. The van der Waals surface area contributed by atoms with Crippen LogP contribution in [0.1, 0.15) is 35.2 Å². The van der Waals surface area contributed by atoms with E-state index in [2.05, 4.69) is 41.0 Å². The highest BCUT2D eigenvalue weighted by atomic mass is 16.2. The van der Waals surface area contributed by atoms with Gasteiger partial charge in [0.15, 0.2) is 13.1 Å². The molecule has 0 heterocycles. The SMILES string of the molecule is Cc1cc(C)c(NC(=O)C[NH+](C)CC(=O)N[C@@H](C)c2cccc3ccccc23)c(C)c1. The van der Waals surface area contributed by atoms with Crippen molar-refractivity contribution in [3.8, 4) is 0 Å². The molecule has 0 aliphatic carbocycles. The van der Waals surface area contributed by atoms with E-state index in [-0.39, 0.29) is 30.9 Å². The summed E-state index contributed by atoms with van der Waals surface area (Å²) in [7, 11) is 1.86. The van der Waals surface area contributed by atoms with Crippen molar-refractivity contribution in [1.82, 2.24) is 5.32 Å². The molecule has 0 saturated heterocycles. The van der Waals surface area contributed by atoms with Crippen LogP contribution in [0.5, 0.6) is 0 Å². The van der Waals surface area contributed by atoms with Gasteiger partial charge in [-0.1, -0.05) is 60.2 Å². The predicted octanol–water partition coefficient (Wildman–Crippen LogP) is 3.10. The Morgan fingerprint density at radius 3 is 2.23 bits per heavy atom. The van der Waals surface area contributed by atoms with E-state index in [1.165, 1.54) is 5.56 Å². The Hall–Kier alpha value is -3.18. The minimum Gasteiger partial charge on any atom is -0.345 e. The zero-order valence-electron chi connectivity index (χ0n) is 19.0. The molecular formula is C26H32N3O2+. The molecule has 2 amide bonds. The van der Waals surface area contributed by atoms with Crippen molar-refractivity contribution in [3.05, 3.63) is 76.9 Å². The zero-order valence-corrected chi connectivity index (χ0v) is 19.0. The molecule has 3 rings (SSSR count). The van der Waals surface area contributed by atoms with Crippen molar-refractivity contribution in [2.24, 2.45) is 0 Å². The quantitative estimate of drug-likeness (QED) is 0.552. The molecule has 1 unspecified atom stereocenters. The lowest BCUT2D eigenvalue weighted by Crippen LogP contribution is -3.11. The fraction of sp³-hybridized carbons (Fsp3) is 0.308. The van der Waals surface area contributed by atoms with Gasteiger partial charge in [-0.15, -0.1) is 0 Å². The molecule has 162 valence electrons. The number of rotatable bonds is 7. The summed E-state index contributed by atoms with van der Waals surface area (Å²) in [6, 6.07) is 18.3. The summed E-state index contributed by atoms with van der Waals surface area (Å²) in [5, 5.41) is 8.38. The molecule has 0 spiro atoms. The Bertz CT molecular complexity index is 1080. The zero-order chi connectivity index (χ0) is 22.5. The second-order valence-electron chi connectivity index (χ2n) is 8.49. The summed E-state index contributed by atoms with van der Waals surface area (Å²) in [6.45, 7) is 8.48. The standard InChI is InChI=1S/C26H31N3O2/c1-17-13-18(2)26(19(3)14-17)28-25(31)16-29(5)15-24(30)27-20(4)22-12-8-10-21-9-6-7-11-23(21)22/h6-14,20H,15-16H2,1-5H3,(H,27,30)(H,28,31)/p+1/t20-/m0/s1. The number of benzene rings is 3. The Morgan fingerprint density at radius 1 is 0.903 bits per heavy atom. The molecule has 0 bridgehead atoms. The summed E-state index contributed by atoms with van der Waals surface area (Å²) in [4.78, 5) is 26.0. The van der Waals surface area contributed by atoms with Crippen LogP contribution >= 0.6 is 0 Å². The van der Waals surface area contributed by atoms with Gasteiger partial charge < -0.3 is 15.5 Å². The van der Waals surface area contributed by atoms with E-state index in [0.29, 0.717) is 0 Å². The second kappa shape index (κ2) is 9.75. The molecule has 0 saturated carbocycles. The number of carbonyl (C=O) groups excluding carboxylic acids is 2. The molecule has 3 N–H and O–H groups in total. The Kier molecular flexibility index (Phi) is 7.08. The number of anilines is 1. The molecule has 2 atom stereocenters. The van der Waals surface area contributed by atoms with E-state index in [9.17, 15) is 9.59 Å². The number of hydrogen-bond acceptors (Lipinski definition) is 2. The molecule has 5 heteroatoms. The smallest absolute Gasteiger partial charge is 0.279 e. The number of hydrogen-bond donors (Lipinski definition) is 3. The van der Waals surface area contributed by atoms with Crippen LogP contribution in [0, 0.1) is 20.8 Å². The van der Waals surface area contributed by atoms with Gasteiger partial charge in [0.2, 0.25) is 0 Å². The van der Waals surface area contributed by atoms with Crippen LogP contribution in [0.3, 0.4) is 0 Å². The van der Waals surface area contributed by atoms with E-state index >= 15 is 0 Å². The average Bonchev–Trinajstić information content (AvgIpc) is 2.69. The average molecular weight is 419 g/mol. The number of fused-ring (bicyclic) bond motifs is 1. The number of quaternary nitrogens is 1. The van der Waals surface area contributed by atoms with Crippen LogP contribution in [0.2, 0.25) is 0 Å². The van der Waals surface area contributed by atoms with E-state index < -0.39 is 0 Å². The monoisotopic (exact) mass is 418 g/mol. The van der Waals surface area contributed by atoms with Gasteiger partial charge in [0.05, 0.1) is 13.1 Å². The normalized spacial score (nSPS) is 12.9. The lowest BCUT2D eigenvalue weighted by Gasteiger charge is -2.19. The van der Waals surface area contributed by atoms with Crippen LogP contribution in [0.15, 0.2) is 54.6 Å². The van der Waals surface area contributed by atoms with Crippen molar-refractivity contribution in [3.63, 3.8) is 0 Å². The van der Waals surface area contributed by atoms with Gasteiger partial charge in [-0.3, -0.25) is 9.59 Å². The molecule has 0 aliphatic heterocycles. The maximum atomic E-state index is 12.6. The van der Waals surface area contributed by atoms with E-state index in [1.54, 1.807) is 0 Å². The fourth-order valence-corrected chi connectivity index (χ4v) is 4.17. The molecular weight excluding hydrogens is 386 g/mol. The highest BCUT2D eigenvalue weighted by Crippen LogP contribution is 2.24. The van der Waals surface area contributed by atoms with Crippen LogP contribution in [-0.2, 0) is 9.59 Å². The molecule has 31 heavy (non-hydrogen) atoms. The maximum Gasteiger partial charge on any atom is 0.279 e. The summed E-state index contributed by atoms with van der Waals surface area (Å²) in [5.74, 6) is -0.170. The lowest BCUT2D eigenvalue weighted by molar-refractivity contribution is -0.862. The first-order valence-electron chi connectivity index (χ1n) is 10.7. The van der Waals surface area contributed by atoms with Gasteiger partial charge in [-0.05, 0) is 55.2 Å². The predicted molar refractivity (Wildman–Crippen MR) is 126 cm³/mol. The highest BCUT2D eigenvalue weighted by molar-refractivity contribution is 5.93. The summed E-state index contributed by atoms with van der Waals surface area (Å²) in [5.41, 5.74) is 5.22. The van der Waals surface area contributed by atoms with Gasteiger partial charge in [-0.2, -0.15) is 0 Å². The molecule has 3 aromatic rings. The number of amides is 2. The van der Waals surface area contributed by atoms with Crippen molar-refractivity contribution < 1.29 is 14.5 Å². The van der Waals surface area contributed by atoms with Gasteiger partial charge in [0, 0.05) is 5.69 Å². The molecule has 0 fully saturated rings. The first kappa shape index (κ1) is 22.5. The number of nitrogens with one attached hydrogen (secondary N) is 3. The topological polar surface area (TPSA) is 62.6 Å². The third-order valence-corrected chi connectivity index (χ3v) is 5.53. The first-order valence-corrected chi connectivity index (χ1v) is 10.7. The van der Waals surface area contributed by atoms with Crippen molar-refractivity contribution in [2.45, 2.75) is 33.7 Å². The summed E-state index contributed by atoms with van der Waals surface area (Å²) >= 11 is 0. The van der Waals surface area contributed by atoms with Crippen molar-refractivity contribution >= 4 is 28.3 Å². The van der Waals surface area contributed by atoms with E-state index in [1.807, 2.05) is 59.0 Å². The Labute approximate surface area is 184 Å². The summed E-state index contributed by atoms with van der Waals surface area (Å²) in [6.07, 6.45) is 0. The van der Waals surface area contributed by atoms with Crippen LogP contribution in [0.4, 0.5) is 5.69 Å². The molecule has 5 nitrogen and oxygen atoms in total. The van der Waals surface area contributed by atoms with Crippen LogP contribution in [-0.4, -0.2) is 32.0 Å². The Balaban J connectivity index is 1.56. The number of aryl methyl sites for hydroxylation is 3. The van der Waals surface area contributed by atoms with Crippen molar-refractivity contribution in [2.75, 3.05) is 25.5 Å². The number of likely N-dealkylation sites (N-methyl/N-ethyl adjacent to an activating group) is 1. The Morgan fingerprint density at radius 2 is 1.52 bits per heavy atom. The molecule has 0 aromatic heterocycles. The van der Waals surface area contributed by atoms with Gasteiger partial charge in [-0.25, -0.2) is 0 Å². The lowest BCUT2D eigenvalue weighted by atomic mass is 10.00. The molecule has 0 radical (unpaired) electrons. The van der Waals surface area contributed by atoms with Crippen molar-refractivity contribution in [1.29, 1.82) is 0 Å². The third kappa shape index (κ3) is 5.70. The maximum absolute atomic E-state index is 12.6. The van der Waals surface area contributed by atoms with Crippen LogP contribution < -0.4 is 15.5 Å². The summed E-state index contributed by atoms with van der Waals surface area (Å²) < 4.78 is 0. The minimum atomic E-state index is -0.113. The fourth-order valence-electron chi connectivity index (χ4n) is 4.17. The highest BCUT2D eigenvalue weighted by Gasteiger charge is 2.18. The van der Waals surface area contributed by atoms with Gasteiger partial charge >= 0.3 is 0 Å². The third-order valence-electron chi connectivity index (χ3n) is 5.53. The van der Waals surface area contributed by atoms with Gasteiger partial charge in [0.25, 0.3) is 11.8 Å². The first-order chi connectivity index (χ1) is 14.7. The number of carbonyl (C=O) groups is 2. The van der Waals surface area contributed by atoms with E-state index in [0.717, 1.165) is 38.1 Å². The molecule has 3 aromatic carbocycles. The van der Waals surface area contributed by atoms with Gasteiger partial charge in [0.1, 0.15) is 0 Å². The minimum absolute atomic E-state index is 0.0755.